The van der Waals surface area contributed by atoms with Gasteiger partial charge in [-0.05, 0) is 17.7 Å². The Morgan fingerprint density at radius 2 is 2.19 bits per heavy atom. The van der Waals surface area contributed by atoms with Crippen LogP contribution in [-0.2, 0) is 13.1 Å². The first-order valence-corrected chi connectivity index (χ1v) is 4.82. The van der Waals surface area contributed by atoms with Crippen LogP contribution in [0.3, 0.4) is 0 Å². The molecule has 0 fully saturated rings. The zero-order valence-electron chi connectivity index (χ0n) is 8.48. The Morgan fingerprint density at radius 1 is 1.31 bits per heavy atom. The number of nitrogens with one attached hydrogen (secondary N) is 1. The first-order chi connectivity index (χ1) is 7.74. The second kappa shape index (κ2) is 4.76. The zero-order valence-corrected chi connectivity index (χ0v) is 8.48. The van der Waals surface area contributed by atoms with Gasteiger partial charge in [-0.3, -0.25) is 0 Å². The summed E-state index contributed by atoms with van der Waals surface area (Å²) >= 11 is 0. The number of hydrogen-bond donors (Lipinski definition) is 2. The van der Waals surface area contributed by atoms with Crippen molar-refractivity contribution in [1.29, 1.82) is 0 Å². The van der Waals surface area contributed by atoms with Gasteiger partial charge in [-0.15, -0.1) is 0 Å². The third-order valence-corrected chi connectivity index (χ3v) is 2.07. The molecular weight excluding hydrogens is 211 g/mol. The molecule has 0 aliphatic rings. The van der Waals surface area contributed by atoms with Crippen LogP contribution in [0.4, 0.5) is 4.39 Å². The molecule has 2 rings (SSSR count). The predicted molar refractivity (Wildman–Crippen MR) is 55.1 cm³/mol. The summed E-state index contributed by atoms with van der Waals surface area (Å²) < 4.78 is 17.6. The molecule has 0 saturated heterocycles. The lowest BCUT2D eigenvalue weighted by atomic mass is 10.2. The Labute approximate surface area is 91.7 Å². The van der Waals surface area contributed by atoms with E-state index in [1.165, 1.54) is 18.4 Å². The van der Waals surface area contributed by atoms with Gasteiger partial charge in [0.25, 0.3) is 0 Å². The largest absolute Gasteiger partial charge is 0.508 e. The van der Waals surface area contributed by atoms with Crippen molar-refractivity contribution in [2.24, 2.45) is 0 Å². The highest BCUT2D eigenvalue weighted by molar-refractivity contribution is 5.28. The van der Waals surface area contributed by atoms with Crippen molar-refractivity contribution in [2.75, 3.05) is 0 Å². The van der Waals surface area contributed by atoms with E-state index in [1.807, 2.05) is 0 Å². The summed E-state index contributed by atoms with van der Waals surface area (Å²) in [6, 6.07) is 5.70. The Balaban J connectivity index is 1.89. The fourth-order valence-corrected chi connectivity index (χ4v) is 1.40. The molecule has 0 bridgehead atoms. The highest BCUT2D eigenvalue weighted by Gasteiger charge is 2.00. The number of phenols is 1. The summed E-state index contributed by atoms with van der Waals surface area (Å²) in [4.78, 5) is 0. The molecule has 0 aliphatic carbocycles. The second-order valence-corrected chi connectivity index (χ2v) is 3.41. The van der Waals surface area contributed by atoms with Crippen molar-refractivity contribution in [3.05, 3.63) is 47.6 Å². The van der Waals surface area contributed by atoms with Gasteiger partial charge in [0.2, 0.25) is 0 Å². The lowest BCUT2D eigenvalue weighted by Crippen LogP contribution is -2.12. The van der Waals surface area contributed by atoms with Crippen LogP contribution >= 0.6 is 0 Å². The van der Waals surface area contributed by atoms with Crippen LogP contribution in [0.5, 0.6) is 5.75 Å². The van der Waals surface area contributed by atoms with E-state index in [-0.39, 0.29) is 5.75 Å². The molecule has 2 N–H and O–H groups in total. The van der Waals surface area contributed by atoms with Crippen molar-refractivity contribution in [3.63, 3.8) is 0 Å². The smallest absolute Gasteiger partial charge is 0.127 e. The Bertz CT molecular complexity index is 437. The Kier molecular flexibility index (Phi) is 3.16. The fraction of sp³-hybridized carbons (Fsp3) is 0.182. The van der Waals surface area contributed by atoms with Crippen molar-refractivity contribution >= 4 is 0 Å². The van der Waals surface area contributed by atoms with E-state index < -0.39 is 5.82 Å². The van der Waals surface area contributed by atoms with Crippen LogP contribution in [0.1, 0.15) is 11.3 Å². The number of nitrogens with zero attached hydrogens (tertiary/aromatic N) is 1. The molecule has 1 aromatic carbocycles. The third-order valence-electron chi connectivity index (χ3n) is 2.07. The standard InChI is InChI=1S/C11H11FN2O2/c12-9-3-8(4-11(15)5-9)6-13-7-10-1-2-16-14-10/h1-5,13,15H,6-7H2. The summed E-state index contributed by atoms with van der Waals surface area (Å²) in [5.74, 6) is -0.517. The molecule has 2 aromatic rings. The average molecular weight is 222 g/mol. The Hall–Kier alpha value is -1.88. The Morgan fingerprint density at radius 3 is 2.88 bits per heavy atom. The highest BCUT2D eigenvalue weighted by atomic mass is 19.1. The van der Waals surface area contributed by atoms with Crippen molar-refractivity contribution in [2.45, 2.75) is 13.1 Å². The molecule has 0 aliphatic heterocycles. The summed E-state index contributed by atoms with van der Waals surface area (Å²) in [7, 11) is 0. The van der Waals surface area contributed by atoms with E-state index in [1.54, 1.807) is 6.07 Å². The average Bonchev–Trinajstić information content (AvgIpc) is 2.69. The van der Waals surface area contributed by atoms with Crippen LogP contribution < -0.4 is 5.32 Å². The molecule has 0 radical (unpaired) electrons. The van der Waals surface area contributed by atoms with Crippen LogP contribution in [-0.4, -0.2) is 10.3 Å². The van der Waals surface area contributed by atoms with Gasteiger partial charge in [-0.1, -0.05) is 5.16 Å². The van der Waals surface area contributed by atoms with Crippen LogP contribution in [0, 0.1) is 5.82 Å². The van der Waals surface area contributed by atoms with Gasteiger partial charge >= 0.3 is 0 Å². The van der Waals surface area contributed by atoms with Crippen LogP contribution in [0.15, 0.2) is 35.1 Å². The van der Waals surface area contributed by atoms with Gasteiger partial charge in [0.05, 0.1) is 5.69 Å². The molecule has 0 unspecified atom stereocenters. The number of hydrogen-bond acceptors (Lipinski definition) is 4. The number of halogens is 1. The fourth-order valence-electron chi connectivity index (χ4n) is 1.40. The molecule has 84 valence electrons. The molecule has 1 aromatic heterocycles. The minimum absolute atomic E-state index is 0.0711. The van der Waals surface area contributed by atoms with Gasteiger partial charge in [0, 0.05) is 25.2 Å². The SMILES string of the molecule is Oc1cc(F)cc(CNCc2ccon2)c1. The van der Waals surface area contributed by atoms with E-state index in [0.717, 1.165) is 11.8 Å². The lowest BCUT2D eigenvalue weighted by Gasteiger charge is -2.03. The van der Waals surface area contributed by atoms with E-state index in [0.29, 0.717) is 18.7 Å². The third kappa shape index (κ3) is 2.80. The zero-order chi connectivity index (χ0) is 11.4. The maximum atomic E-state index is 12.9. The van der Waals surface area contributed by atoms with E-state index in [4.69, 9.17) is 0 Å². The topological polar surface area (TPSA) is 58.3 Å². The molecule has 1 heterocycles. The quantitative estimate of drug-likeness (QED) is 0.828. The number of phenolic OH excluding ortho intramolecular Hbond substituents is 1. The normalized spacial score (nSPS) is 10.6. The summed E-state index contributed by atoms with van der Waals surface area (Å²) in [6.45, 7) is 0.992. The van der Waals surface area contributed by atoms with Crippen LogP contribution in [0.2, 0.25) is 0 Å². The molecule has 5 heteroatoms. The minimum atomic E-state index is -0.446. The molecule has 0 atom stereocenters. The number of benzene rings is 1. The summed E-state index contributed by atoms with van der Waals surface area (Å²) in [6.07, 6.45) is 1.49. The molecule has 0 saturated carbocycles. The van der Waals surface area contributed by atoms with Crippen molar-refractivity contribution in [1.82, 2.24) is 10.5 Å². The first kappa shape index (κ1) is 10.6. The van der Waals surface area contributed by atoms with Gasteiger partial charge < -0.3 is 14.9 Å². The number of aromatic nitrogens is 1. The van der Waals surface area contributed by atoms with E-state index in [2.05, 4.69) is 15.0 Å². The number of rotatable bonds is 4. The van der Waals surface area contributed by atoms with E-state index in [9.17, 15) is 9.50 Å². The molecule has 0 spiro atoms. The molecular formula is C11H11FN2O2. The minimum Gasteiger partial charge on any atom is -0.508 e. The maximum Gasteiger partial charge on any atom is 0.127 e. The monoisotopic (exact) mass is 222 g/mol. The predicted octanol–water partition coefficient (Wildman–Crippen LogP) is 1.81. The lowest BCUT2D eigenvalue weighted by molar-refractivity contribution is 0.408. The van der Waals surface area contributed by atoms with E-state index >= 15 is 0 Å². The summed E-state index contributed by atoms with van der Waals surface area (Å²) in [5, 5.41) is 16.0. The van der Waals surface area contributed by atoms with Gasteiger partial charge in [0.15, 0.2) is 0 Å². The van der Waals surface area contributed by atoms with Crippen LogP contribution in [0.25, 0.3) is 0 Å². The van der Waals surface area contributed by atoms with Gasteiger partial charge in [-0.2, -0.15) is 0 Å². The second-order valence-electron chi connectivity index (χ2n) is 3.41. The van der Waals surface area contributed by atoms with Crippen molar-refractivity contribution in [3.8, 4) is 5.75 Å². The molecule has 0 amide bonds. The molecule has 4 nitrogen and oxygen atoms in total. The van der Waals surface area contributed by atoms with Crippen molar-refractivity contribution < 1.29 is 14.0 Å². The number of aromatic hydroxyl groups is 1. The van der Waals surface area contributed by atoms with Gasteiger partial charge in [0.1, 0.15) is 17.8 Å². The molecule has 16 heavy (non-hydrogen) atoms. The van der Waals surface area contributed by atoms with Gasteiger partial charge in [-0.25, -0.2) is 4.39 Å². The maximum absolute atomic E-state index is 12.9. The first-order valence-electron chi connectivity index (χ1n) is 4.82. The summed E-state index contributed by atoms with van der Waals surface area (Å²) in [5.41, 5.74) is 1.46. The highest BCUT2D eigenvalue weighted by Crippen LogP contribution is 2.14.